The summed E-state index contributed by atoms with van der Waals surface area (Å²) >= 11 is 1.36. The van der Waals surface area contributed by atoms with E-state index in [0.29, 0.717) is 21.7 Å². The Morgan fingerprint density at radius 1 is 1.12 bits per heavy atom. The maximum Gasteiger partial charge on any atom is 0.245 e. The molecule has 1 aliphatic rings. The second-order valence-corrected chi connectivity index (χ2v) is 6.51. The molecule has 0 saturated heterocycles. The number of amides is 1. The van der Waals surface area contributed by atoms with Gasteiger partial charge in [-0.15, -0.1) is 0 Å². The number of hydrogen-bond acceptors (Lipinski definition) is 5. The van der Waals surface area contributed by atoms with Crippen molar-refractivity contribution in [3.05, 3.63) is 41.2 Å². The fraction of sp³-hybridized carbons (Fsp3) is 0.294. The van der Waals surface area contributed by atoms with E-state index in [2.05, 4.69) is 17.0 Å². The number of aryl methyl sites for hydroxylation is 2. The molecule has 0 unspecified atom stereocenters. The number of hydrazone groups is 1. The minimum absolute atomic E-state index is 0.139. The van der Waals surface area contributed by atoms with Gasteiger partial charge in [0.05, 0.1) is 0 Å². The van der Waals surface area contributed by atoms with Gasteiger partial charge >= 0.3 is 0 Å². The van der Waals surface area contributed by atoms with Crippen LogP contribution < -0.4 is 5.01 Å². The lowest BCUT2D eigenvalue weighted by atomic mass is 10.1. The van der Waals surface area contributed by atoms with Crippen LogP contribution in [0.5, 0.6) is 0 Å². The van der Waals surface area contributed by atoms with Crippen molar-refractivity contribution in [3.63, 3.8) is 0 Å². The van der Waals surface area contributed by atoms with Crippen molar-refractivity contribution in [2.75, 3.05) is 5.01 Å². The lowest BCUT2D eigenvalue weighted by molar-refractivity contribution is -0.116. The molecule has 0 bridgehead atoms. The first-order valence-corrected chi connectivity index (χ1v) is 8.50. The van der Waals surface area contributed by atoms with Gasteiger partial charge in [-0.05, 0) is 30.7 Å². The molecule has 0 N–H and O–H groups in total. The Labute approximate surface area is 144 Å². The van der Waals surface area contributed by atoms with Gasteiger partial charge < -0.3 is 0 Å². The smallest absolute Gasteiger partial charge is 0.245 e. The minimum Gasteiger partial charge on any atom is -0.274 e. The molecule has 3 rings (SSSR count). The van der Waals surface area contributed by atoms with Crippen molar-refractivity contribution in [2.45, 2.75) is 39.1 Å². The van der Waals surface area contributed by atoms with Gasteiger partial charge in [-0.3, -0.25) is 14.2 Å². The Morgan fingerprint density at radius 3 is 2.33 bits per heavy atom. The van der Waals surface area contributed by atoms with Gasteiger partial charge in [0.25, 0.3) is 0 Å². The first kappa shape index (κ1) is 16.4. The standard InChI is InChI=1S/C17H18N4O2S/c1-5-13-6-8-14(9-7-13)16-19-21(12(4)23)15-17(24-16)20(11(3)22)10(2)18-15/h6-9H,5H2,1-4H3. The summed E-state index contributed by atoms with van der Waals surface area (Å²) in [7, 11) is 0. The normalized spacial score (nSPS) is 13.5. The number of fused-ring (bicyclic) bond motifs is 1. The van der Waals surface area contributed by atoms with Crippen LogP contribution in [0.2, 0.25) is 0 Å². The molecule has 124 valence electrons. The molecule has 0 radical (unpaired) electrons. The number of thioether (sulfide) groups is 1. The van der Waals surface area contributed by atoms with Crippen LogP contribution in [0.1, 0.15) is 42.5 Å². The number of anilines is 1. The molecule has 1 aromatic heterocycles. The molecular formula is C17H18N4O2S. The van der Waals surface area contributed by atoms with Crippen LogP contribution in [0.3, 0.4) is 0 Å². The molecule has 0 aliphatic carbocycles. The van der Waals surface area contributed by atoms with Gasteiger partial charge in [0.1, 0.15) is 15.9 Å². The SMILES string of the molecule is CCc1ccc(C2=NN(C(C)=O)c3nc(C)n(C(C)=O)c3S2)cc1. The second-order valence-electron chi connectivity index (χ2n) is 5.53. The van der Waals surface area contributed by atoms with Crippen LogP contribution in [0.25, 0.3) is 0 Å². The molecule has 7 heteroatoms. The third-order valence-corrected chi connectivity index (χ3v) is 4.86. The number of aromatic nitrogens is 2. The number of nitrogens with zero attached hydrogens (tertiary/aromatic N) is 4. The molecule has 1 amide bonds. The summed E-state index contributed by atoms with van der Waals surface area (Å²) in [6.45, 7) is 6.76. The zero-order chi connectivity index (χ0) is 17.4. The predicted molar refractivity (Wildman–Crippen MR) is 94.6 cm³/mol. The van der Waals surface area contributed by atoms with Crippen molar-refractivity contribution in [1.82, 2.24) is 9.55 Å². The largest absolute Gasteiger partial charge is 0.274 e. The highest BCUT2D eigenvalue weighted by atomic mass is 32.2. The van der Waals surface area contributed by atoms with Gasteiger partial charge in [-0.25, -0.2) is 4.98 Å². The predicted octanol–water partition coefficient (Wildman–Crippen LogP) is 3.23. The Bertz CT molecular complexity index is 852. The topological polar surface area (TPSA) is 67.6 Å². The molecule has 1 aliphatic heterocycles. The van der Waals surface area contributed by atoms with Crippen LogP contribution >= 0.6 is 11.8 Å². The first-order chi connectivity index (χ1) is 11.4. The number of benzene rings is 1. The molecule has 0 saturated carbocycles. The van der Waals surface area contributed by atoms with Crippen molar-refractivity contribution >= 4 is 34.4 Å². The molecule has 1 aromatic carbocycles. The van der Waals surface area contributed by atoms with E-state index in [4.69, 9.17) is 0 Å². The van der Waals surface area contributed by atoms with Crippen molar-refractivity contribution in [1.29, 1.82) is 0 Å². The highest BCUT2D eigenvalue weighted by molar-refractivity contribution is 8.14. The van der Waals surface area contributed by atoms with Crippen molar-refractivity contribution < 1.29 is 9.59 Å². The summed E-state index contributed by atoms with van der Waals surface area (Å²) in [6.07, 6.45) is 0.958. The summed E-state index contributed by atoms with van der Waals surface area (Å²) in [5, 5.41) is 7.00. The Balaban J connectivity index is 2.10. The van der Waals surface area contributed by atoms with E-state index in [0.717, 1.165) is 12.0 Å². The molecule has 0 fully saturated rings. The maximum absolute atomic E-state index is 12.0. The van der Waals surface area contributed by atoms with E-state index in [1.54, 1.807) is 6.92 Å². The van der Waals surface area contributed by atoms with Crippen LogP contribution in [0.15, 0.2) is 34.4 Å². The van der Waals surface area contributed by atoms with E-state index in [1.165, 1.54) is 40.7 Å². The van der Waals surface area contributed by atoms with Crippen LogP contribution in [0, 0.1) is 6.92 Å². The molecular weight excluding hydrogens is 324 g/mol. The Morgan fingerprint density at radius 2 is 1.79 bits per heavy atom. The third kappa shape index (κ3) is 2.75. The molecule has 6 nitrogen and oxygen atoms in total. The third-order valence-electron chi connectivity index (χ3n) is 3.79. The summed E-state index contributed by atoms with van der Waals surface area (Å²) in [6, 6.07) is 8.05. The zero-order valence-electron chi connectivity index (χ0n) is 14.0. The van der Waals surface area contributed by atoms with Gasteiger partial charge in [0.2, 0.25) is 11.8 Å². The fourth-order valence-electron chi connectivity index (χ4n) is 2.57. The summed E-state index contributed by atoms with van der Waals surface area (Å²) in [5.41, 5.74) is 2.14. The van der Waals surface area contributed by atoms with Crippen LogP contribution in [-0.2, 0) is 11.2 Å². The minimum atomic E-state index is -0.243. The average Bonchev–Trinajstić information content (AvgIpc) is 2.89. The maximum atomic E-state index is 12.0. The molecule has 2 heterocycles. The van der Waals surface area contributed by atoms with Gasteiger partial charge in [0.15, 0.2) is 5.82 Å². The van der Waals surface area contributed by atoms with E-state index in [9.17, 15) is 9.59 Å². The van der Waals surface area contributed by atoms with E-state index in [1.807, 2.05) is 24.3 Å². The molecule has 0 atom stereocenters. The number of hydrogen-bond donors (Lipinski definition) is 0. The zero-order valence-corrected chi connectivity index (χ0v) is 14.8. The summed E-state index contributed by atoms with van der Waals surface area (Å²) in [5.74, 6) is 0.574. The second kappa shape index (κ2) is 6.24. The van der Waals surface area contributed by atoms with Gasteiger partial charge in [0, 0.05) is 19.4 Å². The highest BCUT2D eigenvalue weighted by Crippen LogP contribution is 2.38. The van der Waals surface area contributed by atoms with Crippen molar-refractivity contribution in [3.8, 4) is 0 Å². The number of rotatable bonds is 2. The number of carbonyl (C=O) groups is 2. The number of imidazole rings is 1. The molecule has 24 heavy (non-hydrogen) atoms. The summed E-state index contributed by atoms with van der Waals surface area (Å²) < 4.78 is 1.52. The summed E-state index contributed by atoms with van der Waals surface area (Å²) in [4.78, 5) is 28.3. The van der Waals surface area contributed by atoms with Crippen LogP contribution in [-0.4, -0.2) is 26.4 Å². The van der Waals surface area contributed by atoms with Crippen LogP contribution in [0.4, 0.5) is 5.82 Å². The van der Waals surface area contributed by atoms with E-state index in [-0.39, 0.29) is 11.8 Å². The number of carbonyl (C=O) groups excluding carboxylic acids is 2. The van der Waals surface area contributed by atoms with Gasteiger partial charge in [-0.2, -0.15) is 10.1 Å². The first-order valence-electron chi connectivity index (χ1n) is 7.69. The van der Waals surface area contributed by atoms with E-state index < -0.39 is 0 Å². The molecule has 2 aromatic rings. The lowest BCUT2D eigenvalue weighted by Gasteiger charge is -2.21. The fourth-order valence-corrected chi connectivity index (χ4v) is 3.70. The Kier molecular flexibility index (Phi) is 4.28. The lowest BCUT2D eigenvalue weighted by Crippen LogP contribution is -2.28. The van der Waals surface area contributed by atoms with E-state index >= 15 is 0 Å². The Hall–Kier alpha value is -2.41. The van der Waals surface area contributed by atoms with Gasteiger partial charge in [-0.1, -0.05) is 31.2 Å². The highest BCUT2D eigenvalue weighted by Gasteiger charge is 2.31. The monoisotopic (exact) mass is 342 g/mol. The average molecular weight is 342 g/mol. The quantitative estimate of drug-likeness (QED) is 0.840. The molecule has 0 spiro atoms. The van der Waals surface area contributed by atoms with Crippen molar-refractivity contribution in [2.24, 2.45) is 5.10 Å².